The SMILES string of the molecule is COC1(CNC2CCC(C(=O)O)CC2)CCC(C)CC1. The monoisotopic (exact) mass is 283 g/mol. The molecule has 0 unspecified atom stereocenters. The molecule has 0 saturated heterocycles. The van der Waals surface area contributed by atoms with Gasteiger partial charge in [0.05, 0.1) is 11.5 Å². The Balaban J connectivity index is 1.76. The second-order valence-electron chi connectivity index (χ2n) is 6.84. The summed E-state index contributed by atoms with van der Waals surface area (Å²) in [7, 11) is 1.83. The first-order valence-electron chi connectivity index (χ1n) is 8.06. The second-order valence-corrected chi connectivity index (χ2v) is 6.84. The molecule has 0 aromatic rings. The first-order valence-corrected chi connectivity index (χ1v) is 8.06. The summed E-state index contributed by atoms with van der Waals surface area (Å²) in [5, 5.41) is 12.7. The van der Waals surface area contributed by atoms with Crippen LogP contribution in [0.25, 0.3) is 0 Å². The fraction of sp³-hybridized carbons (Fsp3) is 0.938. The average Bonchev–Trinajstić information content (AvgIpc) is 2.48. The number of hydrogen-bond acceptors (Lipinski definition) is 3. The molecule has 0 amide bonds. The molecule has 4 nitrogen and oxygen atoms in total. The highest BCUT2D eigenvalue weighted by atomic mass is 16.5. The van der Waals surface area contributed by atoms with Gasteiger partial charge in [0.2, 0.25) is 0 Å². The van der Waals surface area contributed by atoms with Gasteiger partial charge in [0.15, 0.2) is 0 Å². The lowest BCUT2D eigenvalue weighted by Gasteiger charge is -2.40. The minimum absolute atomic E-state index is 0.0101. The average molecular weight is 283 g/mol. The van der Waals surface area contributed by atoms with Crippen LogP contribution in [-0.4, -0.2) is 36.4 Å². The van der Waals surface area contributed by atoms with E-state index in [-0.39, 0.29) is 11.5 Å². The number of hydrogen-bond donors (Lipinski definition) is 2. The van der Waals surface area contributed by atoms with Crippen molar-refractivity contribution in [1.82, 2.24) is 5.32 Å². The second kappa shape index (κ2) is 6.90. The first-order chi connectivity index (χ1) is 9.54. The van der Waals surface area contributed by atoms with Crippen molar-refractivity contribution in [3.05, 3.63) is 0 Å². The fourth-order valence-electron chi connectivity index (χ4n) is 3.62. The lowest BCUT2D eigenvalue weighted by Crippen LogP contribution is -2.48. The molecular formula is C16H29NO3. The maximum absolute atomic E-state index is 11.0. The van der Waals surface area contributed by atoms with Crippen LogP contribution in [0.5, 0.6) is 0 Å². The van der Waals surface area contributed by atoms with Crippen LogP contribution in [-0.2, 0) is 9.53 Å². The molecular weight excluding hydrogens is 254 g/mol. The number of methoxy groups -OCH3 is 1. The zero-order chi connectivity index (χ0) is 14.6. The molecule has 2 saturated carbocycles. The van der Waals surface area contributed by atoms with E-state index in [1.54, 1.807) is 0 Å². The number of rotatable bonds is 5. The first kappa shape index (κ1) is 15.8. The van der Waals surface area contributed by atoms with Crippen LogP contribution in [0, 0.1) is 11.8 Å². The van der Waals surface area contributed by atoms with Crippen LogP contribution < -0.4 is 5.32 Å². The molecule has 2 fully saturated rings. The molecule has 116 valence electrons. The molecule has 0 aromatic carbocycles. The molecule has 0 spiro atoms. The normalized spacial score (nSPS) is 38.6. The van der Waals surface area contributed by atoms with Gasteiger partial charge < -0.3 is 15.2 Å². The molecule has 0 bridgehead atoms. The van der Waals surface area contributed by atoms with Gasteiger partial charge in [0.25, 0.3) is 0 Å². The predicted molar refractivity (Wildman–Crippen MR) is 78.8 cm³/mol. The minimum atomic E-state index is -0.627. The predicted octanol–water partition coefficient (Wildman–Crippen LogP) is 2.81. The molecule has 2 aliphatic carbocycles. The van der Waals surface area contributed by atoms with Crippen LogP contribution >= 0.6 is 0 Å². The molecule has 0 atom stereocenters. The summed E-state index contributed by atoms with van der Waals surface area (Å²) in [6.45, 7) is 3.23. The highest BCUT2D eigenvalue weighted by Gasteiger charge is 2.35. The van der Waals surface area contributed by atoms with Gasteiger partial charge in [-0.2, -0.15) is 0 Å². The maximum atomic E-state index is 11.0. The Morgan fingerprint density at radius 1 is 1.20 bits per heavy atom. The molecule has 2 N–H and O–H groups in total. The van der Waals surface area contributed by atoms with Crippen LogP contribution in [0.15, 0.2) is 0 Å². The van der Waals surface area contributed by atoms with Crippen molar-refractivity contribution in [3.8, 4) is 0 Å². The van der Waals surface area contributed by atoms with Gasteiger partial charge in [0, 0.05) is 19.7 Å². The van der Waals surface area contributed by atoms with Gasteiger partial charge in [-0.15, -0.1) is 0 Å². The highest BCUT2D eigenvalue weighted by molar-refractivity contribution is 5.70. The lowest BCUT2D eigenvalue weighted by atomic mass is 9.79. The van der Waals surface area contributed by atoms with E-state index in [0.717, 1.165) is 51.0 Å². The zero-order valence-electron chi connectivity index (χ0n) is 12.9. The van der Waals surface area contributed by atoms with Gasteiger partial charge in [0.1, 0.15) is 0 Å². The van der Waals surface area contributed by atoms with Gasteiger partial charge >= 0.3 is 5.97 Å². The molecule has 0 aromatic heterocycles. The zero-order valence-corrected chi connectivity index (χ0v) is 12.9. The molecule has 0 heterocycles. The molecule has 2 aliphatic rings. The van der Waals surface area contributed by atoms with Crippen molar-refractivity contribution in [2.24, 2.45) is 11.8 Å². The quantitative estimate of drug-likeness (QED) is 0.814. The Morgan fingerprint density at radius 3 is 2.30 bits per heavy atom. The molecule has 0 aliphatic heterocycles. The molecule has 4 heteroatoms. The number of nitrogens with one attached hydrogen (secondary N) is 1. The van der Waals surface area contributed by atoms with Crippen LogP contribution in [0.1, 0.15) is 58.3 Å². The third-order valence-electron chi connectivity index (χ3n) is 5.41. The number of ether oxygens (including phenoxy) is 1. The van der Waals surface area contributed by atoms with E-state index in [9.17, 15) is 4.79 Å². The summed E-state index contributed by atoms with van der Waals surface area (Å²) in [6.07, 6.45) is 8.36. The van der Waals surface area contributed by atoms with Gasteiger partial charge in [-0.25, -0.2) is 0 Å². The van der Waals surface area contributed by atoms with Crippen molar-refractivity contribution in [2.75, 3.05) is 13.7 Å². The third-order valence-corrected chi connectivity index (χ3v) is 5.41. The Labute approximate surface area is 122 Å². The smallest absolute Gasteiger partial charge is 0.306 e. The summed E-state index contributed by atoms with van der Waals surface area (Å²) in [5.41, 5.74) is 0.0101. The van der Waals surface area contributed by atoms with E-state index >= 15 is 0 Å². The summed E-state index contributed by atoms with van der Waals surface area (Å²) in [4.78, 5) is 11.0. The number of aliphatic carboxylic acids is 1. The Hall–Kier alpha value is -0.610. The van der Waals surface area contributed by atoms with Crippen molar-refractivity contribution in [3.63, 3.8) is 0 Å². The Morgan fingerprint density at radius 2 is 1.80 bits per heavy atom. The number of carboxylic acid groups (broad SMARTS) is 1. The van der Waals surface area contributed by atoms with E-state index in [1.165, 1.54) is 12.8 Å². The van der Waals surface area contributed by atoms with E-state index in [4.69, 9.17) is 9.84 Å². The summed E-state index contributed by atoms with van der Waals surface area (Å²) < 4.78 is 5.82. The maximum Gasteiger partial charge on any atom is 0.306 e. The van der Waals surface area contributed by atoms with Gasteiger partial charge in [-0.3, -0.25) is 4.79 Å². The number of carbonyl (C=O) groups is 1. The highest BCUT2D eigenvalue weighted by Crippen LogP contribution is 2.34. The summed E-state index contributed by atoms with van der Waals surface area (Å²) >= 11 is 0. The van der Waals surface area contributed by atoms with Crippen molar-refractivity contribution < 1.29 is 14.6 Å². The summed E-state index contributed by atoms with van der Waals surface area (Å²) in [5.74, 6) is 0.0716. The minimum Gasteiger partial charge on any atom is -0.481 e. The third kappa shape index (κ3) is 3.95. The lowest BCUT2D eigenvalue weighted by molar-refractivity contribution is -0.142. The van der Waals surface area contributed by atoms with Crippen molar-refractivity contribution in [2.45, 2.75) is 69.9 Å². The van der Waals surface area contributed by atoms with Gasteiger partial charge in [-0.1, -0.05) is 6.92 Å². The van der Waals surface area contributed by atoms with E-state index < -0.39 is 5.97 Å². The number of carboxylic acids is 1. The van der Waals surface area contributed by atoms with E-state index in [0.29, 0.717) is 6.04 Å². The van der Waals surface area contributed by atoms with E-state index in [2.05, 4.69) is 12.2 Å². The van der Waals surface area contributed by atoms with Crippen LogP contribution in [0.4, 0.5) is 0 Å². The standard InChI is InChI=1S/C16H29NO3/c1-12-7-9-16(20-2,10-8-12)11-17-14-5-3-13(4-6-14)15(18)19/h12-14,17H,3-11H2,1-2H3,(H,18,19). The van der Waals surface area contributed by atoms with Gasteiger partial charge in [-0.05, 0) is 57.3 Å². The van der Waals surface area contributed by atoms with Crippen LogP contribution in [0.3, 0.4) is 0 Å². The fourth-order valence-corrected chi connectivity index (χ4v) is 3.62. The Kier molecular flexibility index (Phi) is 5.44. The molecule has 20 heavy (non-hydrogen) atoms. The topological polar surface area (TPSA) is 58.6 Å². The van der Waals surface area contributed by atoms with Crippen molar-refractivity contribution >= 4 is 5.97 Å². The molecule has 2 rings (SSSR count). The van der Waals surface area contributed by atoms with E-state index in [1.807, 2.05) is 7.11 Å². The Bertz CT molecular complexity index is 316. The van der Waals surface area contributed by atoms with Crippen molar-refractivity contribution in [1.29, 1.82) is 0 Å². The largest absolute Gasteiger partial charge is 0.481 e. The summed E-state index contributed by atoms with van der Waals surface area (Å²) in [6, 6.07) is 0.469. The molecule has 0 radical (unpaired) electrons. The van der Waals surface area contributed by atoms with Crippen LogP contribution in [0.2, 0.25) is 0 Å².